The van der Waals surface area contributed by atoms with Crippen molar-refractivity contribution in [2.75, 3.05) is 15.4 Å². The number of urea groups is 1. The van der Waals surface area contributed by atoms with Crippen molar-refractivity contribution in [2.24, 2.45) is 0 Å². The molecule has 0 radical (unpaired) electrons. The molecule has 0 aliphatic carbocycles. The van der Waals surface area contributed by atoms with Gasteiger partial charge in [0.1, 0.15) is 0 Å². The fourth-order valence-corrected chi connectivity index (χ4v) is 3.30. The van der Waals surface area contributed by atoms with Crippen LogP contribution in [0.2, 0.25) is 5.02 Å². The highest BCUT2D eigenvalue weighted by atomic mass is 35.5. The summed E-state index contributed by atoms with van der Waals surface area (Å²) >= 11 is 7.61. The normalized spacial score (nSPS) is 10.3. The van der Waals surface area contributed by atoms with Gasteiger partial charge < -0.3 is 15.4 Å². The van der Waals surface area contributed by atoms with Gasteiger partial charge in [0.2, 0.25) is 0 Å². The third-order valence-electron chi connectivity index (χ3n) is 3.83. The molecule has 0 saturated carbocycles. The third-order valence-corrected chi connectivity index (χ3v) is 5.06. The number of hydrogen-bond donors (Lipinski definition) is 3. The molecule has 0 saturated heterocycles. The molecule has 0 spiro atoms. The van der Waals surface area contributed by atoms with E-state index in [9.17, 15) is 4.79 Å². The van der Waals surface area contributed by atoms with Crippen LogP contribution in [0.4, 0.5) is 21.9 Å². The average molecular weight is 398 g/mol. The van der Waals surface area contributed by atoms with Crippen LogP contribution in [-0.2, 0) is 0 Å². The highest BCUT2D eigenvalue weighted by Crippen LogP contribution is 2.26. The summed E-state index contributed by atoms with van der Waals surface area (Å²) in [7, 11) is 0. The van der Waals surface area contributed by atoms with Crippen molar-refractivity contribution in [3.05, 3.63) is 82.9 Å². The first-order valence-corrected chi connectivity index (χ1v) is 9.63. The zero-order chi connectivity index (χ0) is 19.2. The van der Waals surface area contributed by atoms with Gasteiger partial charge in [-0.1, -0.05) is 35.9 Å². The molecule has 27 heavy (non-hydrogen) atoms. The Bertz CT molecular complexity index is 962. The molecule has 2 amide bonds. The smallest absolute Gasteiger partial charge is 0.323 e. The first-order valence-electron chi connectivity index (χ1n) is 8.43. The zero-order valence-corrected chi connectivity index (χ0v) is 16.6. The minimum atomic E-state index is -0.277. The molecule has 0 atom stereocenters. The van der Waals surface area contributed by atoms with Gasteiger partial charge in [-0.05, 0) is 79.4 Å². The standard InChI is InChI=1S/C21H20ClN3OS/c1-14-5-3-6-16(11-14)23-21(26)24-17-7-4-8-19(12-17)27-25-18-10-9-15(2)20(22)13-18/h3-13,25H,1-2H3,(H2,23,24,26). The Hall–Kier alpha value is -2.63. The maximum atomic E-state index is 12.2. The van der Waals surface area contributed by atoms with Crippen LogP contribution in [0.1, 0.15) is 11.1 Å². The van der Waals surface area contributed by atoms with E-state index in [1.165, 1.54) is 11.9 Å². The number of rotatable bonds is 5. The van der Waals surface area contributed by atoms with Gasteiger partial charge in [0.25, 0.3) is 0 Å². The van der Waals surface area contributed by atoms with Gasteiger partial charge in [-0.25, -0.2) is 4.79 Å². The van der Waals surface area contributed by atoms with Gasteiger partial charge >= 0.3 is 6.03 Å². The Morgan fingerprint density at radius 2 is 1.56 bits per heavy atom. The van der Waals surface area contributed by atoms with Gasteiger partial charge in [-0.2, -0.15) is 0 Å². The SMILES string of the molecule is Cc1cccc(NC(=O)Nc2cccc(SNc3ccc(C)c(Cl)c3)c2)c1. The second-order valence-corrected chi connectivity index (χ2v) is 7.43. The number of aryl methyl sites for hydroxylation is 2. The molecule has 0 fully saturated rings. The van der Waals surface area contributed by atoms with E-state index in [4.69, 9.17) is 11.6 Å². The van der Waals surface area contributed by atoms with Gasteiger partial charge in [0.05, 0.1) is 0 Å². The summed E-state index contributed by atoms with van der Waals surface area (Å²) in [5.74, 6) is 0. The first kappa shape index (κ1) is 19.1. The summed E-state index contributed by atoms with van der Waals surface area (Å²) < 4.78 is 3.26. The predicted octanol–water partition coefficient (Wildman–Crippen LogP) is 6.72. The van der Waals surface area contributed by atoms with Gasteiger partial charge in [-0.15, -0.1) is 0 Å². The molecule has 6 heteroatoms. The molecule has 0 aromatic heterocycles. The number of anilines is 3. The number of nitrogens with one attached hydrogen (secondary N) is 3. The van der Waals surface area contributed by atoms with Crippen LogP contribution in [0, 0.1) is 13.8 Å². The van der Waals surface area contributed by atoms with Gasteiger partial charge in [-0.3, -0.25) is 0 Å². The zero-order valence-electron chi connectivity index (χ0n) is 15.0. The molecule has 0 aliphatic heterocycles. The Morgan fingerprint density at radius 3 is 2.26 bits per heavy atom. The van der Waals surface area contributed by atoms with Crippen LogP contribution >= 0.6 is 23.5 Å². The fraction of sp³-hybridized carbons (Fsp3) is 0.0952. The molecule has 0 aliphatic rings. The monoisotopic (exact) mass is 397 g/mol. The minimum absolute atomic E-state index is 0.277. The van der Waals surface area contributed by atoms with E-state index in [0.717, 1.165) is 32.4 Å². The van der Waals surface area contributed by atoms with Crippen LogP contribution < -0.4 is 15.4 Å². The molecule has 0 bridgehead atoms. The minimum Gasteiger partial charge on any atom is -0.326 e. The maximum Gasteiger partial charge on any atom is 0.323 e. The lowest BCUT2D eigenvalue weighted by molar-refractivity contribution is 0.262. The molecule has 0 heterocycles. The molecular formula is C21H20ClN3OS. The van der Waals surface area contributed by atoms with Crippen molar-refractivity contribution >= 4 is 46.6 Å². The number of benzene rings is 3. The maximum absolute atomic E-state index is 12.2. The molecular weight excluding hydrogens is 378 g/mol. The van der Waals surface area contributed by atoms with Crippen LogP contribution in [0.15, 0.2) is 71.6 Å². The van der Waals surface area contributed by atoms with Gasteiger partial charge in [0, 0.05) is 27.0 Å². The molecule has 3 aromatic carbocycles. The van der Waals surface area contributed by atoms with Crippen LogP contribution in [0.3, 0.4) is 0 Å². The fourth-order valence-electron chi connectivity index (χ4n) is 2.43. The Morgan fingerprint density at radius 1 is 0.852 bits per heavy atom. The summed E-state index contributed by atoms with van der Waals surface area (Å²) in [6, 6.07) is 20.9. The van der Waals surface area contributed by atoms with E-state index in [1.54, 1.807) is 0 Å². The largest absolute Gasteiger partial charge is 0.326 e. The topological polar surface area (TPSA) is 53.2 Å². The van der Waals surface area contributed by atoms with Crippen molar-refractivity contribution in [2.45, 2.75) is 18.7 Å². The van der Waals surface area contributed by atoms with E-state index in [2.05, 4.69) is 15.4 Å². The molecule has 0 unspecified atom stereocenters. The number of hydrogen-bond acceptors (Lipinski definition) is 3. The lowest BCUT2D eigenvalue weighted by Gasteiger charge is -2.10. The Labute approximate surface area is 168 Å². The van der Waals surface area contributed by atoms with Gasteiger partial charge in [0.15, 0.2) is 0 Å². The third kappa shape index (κ3) is 5.67. The first-order chi connectivity index (χ1) is 13.0. The highest BCUT2D eigenvalue weighted by Gasteiger charge is 2.05. The lowest BCUT2D eigenvalue weighted by Crippen LogP contribution is -2.19. The van der Waals surface area contributed by atoms with Crippen molar-refractivity contribution in [3.8, 4) is 0 Å². The second kappa shape index (κ2) is 8.84. The van der Waals surface area contributed by atoms with Crippen molar-refractivity contribution < 1.29 is 4.79 Å². The number of carbonyl (C=O) groups is 1. The van der Waals surface area contributed by atoms with Crippen LogP contribution in [0.5, 0.6) is 0 Å². The van der Waals surface area contributed by atoms with E-state index in [1.807, 2.05) is 80.6 Å². The molecule has 138 valence electrons. The highest BCUT2D eigenvalue weighted by molar-refractivity contribution is 8.00. The van der Waals surface area contributed by atoms with E-state index in [0.29, 0.717) is 5.69 Å². The van der Waals surface area contributed by atoms with Crippen molar-refractivity contribution in [3.63, 3.8) is 0 Å². The Kier molecular flexibility index (Phi) is 6.27. The van der Waals surface area contributed by atoms with E-state index in [-0.39, 0.29) is 6.03 Å². The summed E-state index contributed by atoms with van der Waals surface area (Å²) in [5.41, 5.74) is 4.53. The van der Waals surface area contributed by atoms with Crippen molar-refractivity contribution in [1.29, 1.82) is 0 Å². The van der Waals surface area contributed by atoms with Crippen LogP contribution in [0.25, 0.3) is 0 Å². The Balaban J connectivity index is 1.59. The molecule has 3 rings (SSSR count). The summed E-state index contributed by atoms with van der Waals surface area (Å²) in [6.07, 6.45) is 0. The molecule has 3 N–H and O–H groups in total. The number of amides is 2. The van der Waals surface area contributed by atoms with E-state index >= 15 is 0 Å². The predicted molar refractivity (Wildman–Crippen MR) is 116 cm³/mol. The quantitative estimate of drug-likeness (QED) is 0.419. The van der Waals surface area contributed by atoms with E-state index < -0.39 is 0 Å². The number of carbonyl (C=O) groups excluding carboxylic acids is 1. The van der Waals surface area contributed by atoms with Crippen LogP contribution in [-0.4, -0.2) is 6.03 Å². The summed E-state index contributed by atoms with van der Waals surface area (Å²) in [6.45, 7) is 3.95. The summed E-state index contributed by atoms with van der Waals surface area (Å²) in [5, 5.41) is 6.41. The molecule has 3 aromatic rings. The van der Waals surface area contributed by atoms with Crippen molar-refractivity contribution in [1.82, 2.24) is 0 Å². The summed E-state index contributed by atoms with van der Waals surface area (Å²) in [4.78, 5) is 13.2. The molecule has 4 nitrogen and oxygen atoms in total. The second-order valence-electron chi connectivity index (χ2n) is 6.14. The lowest BCUT2D eigenvalue weighted by atomic mass is 10.2. The average Bonchev–Trinajstić information content (AvgIpc) is 2.63. The number of halogens is 1.